The summed E-state index contributed by atoms with van der Waals surface area (Å²) in [5.41, 5.74) is 3.59. The number of amides is 1. The van der Waals surface area contributed by atoms with E-state index in [1.165, 1.54) is 43.2 Å². The summed E-state index contributed by atoms with van der Waals surface area (Å²) in [5, 5.41) is 21.3. The summed E-state index contributed by atoms with van der Waals surface area (Å²) in [6.07, 6.45) is 10.4. The molecule has 268 valence electrons. The van der Waals surface area contributed by atoms with Crippen molar-refractivity contribution >= 4 is 38.5 Å². The van der Waals surface area contributed by atoms with Crippen molar-refractivity contribution in [3.05, 3.63) is 76.4 Å². The van der Waals surface area contributed by atoms with Gasteiger partial charge in [0.1, 0.15) is 5.60 Å². The van der Waals surface area contributed by atoms with Crippen LogP contribution in [0.2, 0.25) is 39.3 Å². The van der Waals surface area contributed by atoms with Gasteiger partial charge in [-0.3, -0.25) is 0 Å². The zero-order chi connectivity index (χ0) is 36.6. The van der Waals surface area contributed by atoms with Crippen LogP contribution in [-0.4, -0.2) is 33.7 Å². The van der Waals surface area contributed by atoms with Gasteiger partial charge in [0.2, 0.25) is 0 Å². The molecule has 0 aliphatic heterocycles. The zero-order valence-electron chi connectivity index (χ0n) is 32.6. The number of hydrogen-bond acceptors (Lipinski definition) is 4. The molecule has 0 saturated heterocycles. The van der Waals surface area contributed by atoms with E-state index >= 15 is 0 Å². The Morgan fingerprint density at radius 3 is 1.54 bits per heavy atom. The quantitative estimate of drug-likeness (QED) is 0.203. The van der Waals surface area contributed by atoms with E-state index < -0.39 is 22.1 Å². The molecular formula is C40H60BrKN4O2Si2. The fraction of sp³-hybridized carbons (Fsp3) is 0.625. The topological polar surface area (TPSA) is 100 Å². The molecule has 8 rings (SSSR count). The van der Waals surface area contributed by atoms with Gasteiger partial charge >= 0.3 is 57.5 Å². The molecule has 50 heavy (non-hydrogen) atoms. The van der Waals surface area contributed by atoms with E-state index in [2.05, 4.69) is 115 Å². The second-order valence-corrected chi connectivity index (χ2v) is 28.3. The Morgan fingerprint density at radius 1 is 0.780 bits per heavy atom. The SMILES string of the molecule is BrCc1ccccc1.CC(C)(C)OC(=O)NC12CC(CC#N)(C1)C2.C[Si](C)(C)[N-][Si](C)(C)C.N#CCC12CC(CCc3ccccc3)(C1)C2.[K+]. The van der Waals surface area contributed by atoms with Gasteiger partial charge in [-0.15, -0.1) is 0 Å². The van der Waals surface area contributed by atoms with Crippen LogP contribution >= 0.6 is 15.9 Å². The minimum atomic E-state index is -1.11. The number of carbonyl (C=O) groups excluding carboxylic acids is 1. The molecular weight excluding hydrogens is 744 g/mol. The van der Waals surface area contributed by atoms with E-state index in [-0.39, 0.29) is 68.4 Å². The summed E-state index contributed by atoms with van der Waals surface area (Å²) in [4.78, 5) is 11.6. The molecule has 10 heteroatoms. The molecule has 6 aliphatic rings. The smallest absolute Gasteiger partial charge is 0.668 e. The number of alkyl carbamates (subject to hydrolysis) is 1. The van der Waals surface area contributed by atoms with E-state index in [4.69, 9.17) is 19.9 Å². The Labute approximate surface area is 357 Å². The van der Waals surface area contributed by atoms with Crippen molar-refractivity contribution in [2.45, 2.75) is 141 Å². The third-order valence-electron chi connectivity index (χ3n) is 9.52. The second kappa shape index (κ2) is 18.5. The molecule has 2 aromatic rings. The zero-order valence-corrected chi connectivity index (χ0v) is 39.3. The number of nitrogens with one attached hydrogen (secondary N) is 1. The molecule has 0 radical (unpaired) electrons. The van der Waals surface area contributed by atoms with Gasteiger partial charge in [0.05, 0.1) is 12.1 Å². The standard InChI is InChI=1S/C15H17N.C12H18N2O2.C7H7Br.C6H18NSi2.K/c16-9-8-15-10-14(11-15,12-15)7-6-13-4-2-1-3-5-13;1-10(2,3)16-9(15)14-12-6-11(7-12,8-12)4-5-13;8-6-7-4-2-1-3-5-7;1-8(2,3)7-9(4,5)6;/h1-5H,6-8,10-12H2;4,6-8H2,1-3H3,(H,14,15);1-5H,6H2;1-6H3;/q;;;-1;+1. The van der Waals surface area contributed by atoms with Crippen molar-refractivity contribution in [3.63, 3.8) is 0 Å². The van der Waals surface area contributed by atoms with Crippen molar-refractivity contribution in [1.29, 1.82) is 10.5 Å². The van der Waals surface area contributed by atoms with E-state index in [9.17, 15) is 4.79 Å². The van der Waals surface area contributed by atoms with Crippen molar-refractivity contribution in [1.82, 2.24) is 5.32 Å². The van der Waals surface area contributed by atoms with E-state index in [0.29, 0.717) is 17.3 Å². The summed E-state index contributed by atoms with van der Waals surface area (Å²) < 4.78 is 10.0. The number of ether oxygens (including phenoxy) is 1. The Kier molecular flexibility index (Phi) is 16.8. The van der Waals surface area contributed by atoms with Crippen molar-refractivity contribution in [3.8, 4) is 12.1 Å². The average molecular weight is 804 g/mol. The first-order chi connectivity index (χ1) is 22.7. The second-order valence-electron chi connectivity index (χ2n) is 18.2. The first-order valence-corrected chi connectivity index (χ1v) is 25.8. The van der Waals surface area contributed by atoms with Gasteiger partial charge in [-0.2, -0.15) is 10.5 Å². The third-order valence-corrected chi connectivity index (χ3v) is 15.5. The molecule has 2 aromatic carbocycles. The van der Waals surface area contributed by atoms with Gasteiger partial charge < -0.3 is 14.7 Å². The van der Waals surface area contributed by atoms with Gasteiger partial charge in [0, 0.05) is 23.7 Å². The number of alkyl halides is 1. The normalized spacial score (nSPS) is 26.4. The first-order valence-electron chi connectivity index (χ1n) is 17.8. The Morgan fingerprint density at radius 2 is 1.20 bits per heavy atom. The van der Waals surface area contributed by atoms with Crippen LogP contribution in [-0.2, 0) is 16.5 Å². The summed E-state index contributed by atoms with van der Waals surface area (Å²) >= 11 is 3.36. The summed E-state index contributed by atoms with van der Waals surface area (Å²) in [5.74, 6) is 0. The fourth-order valence-electron chi connectivity index (χ4n) is 8.49. The number of halogens is 1. The molecule has 4 bridgehead atoms. The summed E-state index contributed by atoms with van der Waals surface area (Å²) in [6, 6.07) is 25.6. The molecule has 0 heterocycles. The molecule has 0 aromatic heterocycles. The van der Waals surface area contributed by atoms with Crippen LogP contribution in [0, 0.1) is 38.9 Å². The molecule has 6 saturated carbocycles. The van der Waals surface area contributed by atoms with Gasteiger partial charge in [0.15, 0.2) is 0 Å². The van der Waals surface area contributed by atoms with Gasteiger partial charge in [0.25, 0.3) is 0 Å². The van der Waals surface area contributed by atoms with Crippen LogP contribution in [0.4, 0.5) is 4.79 Å². The minimum absolute atomic E-state index is 0. The number of rotatable bonds is 9. The average Bonchev–Trinajstić information content (AvgIpc) is 2.91. The number of benzene rings is 2. The van der Waals surface area contributed by atoms with Gasteiger partial charge in [-0.1, -0.05) is 132 Å². The molecule has 6 fully saturated rings. The van der Waals surface area contributed by atoms with E-state index in [1.54, 1.807) is 0 Å². The Balaban J connectivity index is 0.000000241. The van der Waals surface area contributed by atoms with Crippen LogP contribution in [0.3, 0.4) is 0 Å². The predicted octanol–water partition coefficient (Wildman–Crippen LogP) is 8.67. The summed E-state index contributed by atoms with van der Waals surface area (Å²) in [7, 11) is -2.21. The van der Waals surface area contributed by atoms with Crippen LogP contribution < -0.4 is 56.7 Å². The number of nitrogens with zero attached hydrogens (tertiary/aromatic N) is 3. The fourth-order valence-corrected chi connectivity index (χ4v) is 16.9. The molecule has 0 atom stereocenters. The molecule has 1 N–H and O–H groups in total. The van der Waals surface area contributed by atoms with Crippen molar-refractivity contribution in [2.24, 2.45) is 16.2 Å². The number of carbonyl (C=O) groups is 1. The molecule has 0 unspecified atom stereocenters. The maximum atomic E-state index is 11.6. The maximum Gasteiger partial charge on any atom is 1.00 e. The molecule has 1 amide bonds. The molecule has 6 aliphatic carbocycles. The number of hydrogen-bond donors (Lipinski definition) is 1. The van der Waals surface area contributed by atoms with Crippen LogP contribution in [0.5, 0.6) is 0 Å². The largest absolute Gasteiger partial charge is 1.00 e. The Bertz CT molecular complexity index is 1410. The van der Waals surface area contributed by atoms with Crippen molar-refractivity contribution in [2.75, 3.05) is 0 Å². The molecule has 0 spiro atoms. The van der Waals surface area contributed by atoms with Crippen LogP contribution in [0.15, 0.2) is 60.7 Å². The van der Waals surface area contributed by atoms with Crippen molar-refractivity contribution < 1.29 is 60.9 Å². The monoisotopic (exact) mass is 802 g/mol. The number of nitriles is 2. The first kappa shape index (κ1) is 45.4. The van der Waals surface area contributed by atoms with Crippen LogP contribution in [0.25, 0.3) is 4.65 Å². The maximum absolute atomic E-state index is 11.6. The van der Waals surface area contributed by atoms with E-state index in [1.807, 2.05) is 39.0 Å². The number of aryl methyl sites for hydroxylation is 1. The third kappa shape index (κ3) is 14.6. The molecule has 6 nitrogen and oxygen atoms in total. The summed E-state index contributed by atoms with van der Waals surface area (Å²) in [6.45, 7) is 19.3. The Hall–Kier alpha value is -0.800. The van der Waals surface area contributed by atoms with Crippen LogP contribution in [0.1, 0.15) is 89.7 Å². The van der Waals surface area contributed by atoms with Gasteiger partial charge in [-0.05, 0) is 99.5 Å². The van der Waals surface area contributed by atoms with Gasteiger partial charge in [-0.25, -0.2) is 4.79 Å². The minimum Gasteiger partial charge on any atom is -0.668 e. The predicted molar refractivity (Wildman–Crippen MR) is 211 cm³/mol. The van der Waals surface area contributed by atoms with E-state index in [0.717, 1.165) is 31.0 Å².